The molecule has 6 heteroatoms. The van der Waals surface area contributed by atoms with Crippen LogP contribution in [0.15, 0.2) is 24.3 Å². The number of fused-ring (bicyclic) bond motifs is 1. The van der Waals surface area contributed by atoms with Crippen LogP contribution < -0.4 is 5.32 Å². The Labute approximate surface area is 139 Å². The second-order valence-corrected chi connectivity index (χ2v) is 5.99. The summed E-state index contributed by atoms with van der Waals surface area (Å²) in [5.41, 5.74) is 4.36. The van der Waals surface area contributed by atoms with E-state index < -0.39 is 0 Å². The van der Waals surface area contributed by atoms with Gasteiger partial charge in [0.15, 0.2) is 5.65 Å². The Morgan fingerprint density at radius 2 is 2.00 bits per heavy atom. The number of amides is 1. The summed E-state index contributed by atoms with van der Waals surface area (Å²) >= 11 is 6.12. The van der Waals surface area contributed by atoms with Gasteiger partial charge in [-0.1, -0.05) is 17.7 Å². The van der Waals surface area contributed by atoms with Crippen molar-refractivity contribution in [1.29, 1.82) is 0 Å². The van der Waals surface area contributed by atoms with Crippen molar-refractivity contribution in [2.45, 2.75) is 20.8 Å². The number of carbonyl (C=O) groups is 1. The van der Waals surface area contributed by atoms with Crippen LogP contribution in [0.25, 0.3) is 11.0 Å². The minimum Gasteiger partial charge on any atom is -0.322 e. The predicted octanol–water partition coefficient (Wildman–Crippen LogP) is 3.80. The highest BCUT2D eigenvalue weighted by Gasteiger charge is 2.18. The summed E-state index contributed by atoms with van der Waals surface area (Å²) < 4.78 is 1.69. The van der Waals surface area contributed by atoms with Crippen LogP contribution in [0.5, 0.6) is 0 Å². The number of carbonyl (C=O) groups excluding carboxylic acids is 1. The third kappa shape index (κ3) is 2.68. The summed E-state index contributed by atoms with van der Waals surface area (Å²) in [5.74, 6) is -0.193. The summed E-state index contributed by atoms with van der Waals surface area (Å²) in [5, 5.41) is 8.70. The molecule has 2 aromatic heterocycles. The Balaban J connectivity index is 2.09. The van der Waals surface area contributed by atoms with Crippen molar-refractivity contribution in [1.82, 2.24) is 14.8 Å². The molecular weight excluding hydrogens is 312 g/mol. The standard InChI is InChI=1S/C17H17ClN4O/c1-9-8-12(15-11(3)21-22(4)16(15)19-9)17(23)20-14-7-5-6-13(18)10(14)2/h5-8H,1-4H3,(H,20,23). The molecule has 0 saturated carbocycles. The lowest BCUT2D eigenvalue weighted by Crippen LogP contribution is -2.14. The molecule has 5 nitrogen and oxygen atoms in total. The number of hydrogen-bond donors (Lipinski definition) is 1. The number of nitrogens with zero attached hydrogens (tertiary/aromatic N) is 3. The molecule has 2 heterocycles. The van der Waals surface area contributed by atoms with Gasteiger partial charge in [-0.05, 0) is 44.5 Å². The first kappa shape index (κ1) is 15.5. The van der Waals surface area contributed by atoms with E-state index >= 15 is 0 Å². The average Bonchev–Trinajstić information content (AvgIpc) is 2.78. The molecule has 0 atom stereocenters. The van der Waals surface area contributed by atoms with E-state index in [9.17, 15) is 4.79 Å². The summed E-state index contributed by atoms with van der Waals surface area (Å²) in [6.45, 7) is 5.62. The Bertz CT molecular complexity index is 930. The van der Waals surface area contributed by atoms with Gasteiger partial charge in [0.25, 0.3) is 5.91 Å². The topological polar surface area (TPSA) is 59.8 Å². The van der Waals surface area contributed by atoms with Gasteiger partial charge < -0.3 is 5.32 Å². The summed E-state index contributed by atoms with van der Waals surface area (Å²) in [4.78, 5) is 17.3. The van der Waals surface area contributed by atoms with Gasteiger partial charge in [-0.25, -0.2) is 4.98 Å². The first-order valence-corrected chi connectivity index (χ1v) is 7.63. The molecule has 1 amide bonds. The number of rotatable bonds is 2. The van der Waals surface area contributed by atoms with E-state index in [1.54, 1.807) is 16.8 Å². The van der Waals surface area contributed by atoms with Crippen LogP contribution in [0.2, 0.25) is 5.02 Å². The van der Waals surface area contributed by atoms with Gasteiger partial charge in [0.05, 0.1) is 16.6 Å². The number of benzene rings is 1. The van der Waals surface area contributed by atoms with Crippen molar-refractivity contribution in [3.63, 3.8) is 0 Å². The molecule has 118 valence electrons. The normalized spacial score (nSPS) is 11.0. The molecule has 0 aliphatic rings. The van der Waals surface area contributed by atoms with Gasteiger partial charge in [-0.2, -0.15) is 5.10 Å². The SMILES string of the molecule is Cc1cc(C(=O)Nc2cccc(Cl)c2C)c2c(C)nn(C)c2n1. The fourth-order valence-electron chi connectivity index (χ4n) is 2.68. The van der Waals surface area contributed by atoms with E-state index in [1.807, 2.05) is 40.0 Å². The fraction of sp³-hybridized carbons (Fsp3) is 0.235. The van der Waals surface area contributed by atoms with E-state index in [0.717, 1.165) is 22.3 Å². The second-order valence-electron chi connectivity index (χ2n) is 5.59. The molecule has 0 unspecified atom stereocenters. The van der Waals surface area contributed by atoms with Gasteiger partial charge in [0.2, 0.25) is 0 Å². The molecule has 0 saturated heterocycles. The summed E-state index contributed by atoms with van der Waals surface area (Å²) in [6, 6.07) is 7.23. The zero-order valence-electron chi connectivity index (χ0n) is 13.4. The maximum atomic E-state index is 12.8. The molecule has 23 heavy (non-hydrogen) atoms. The highest BCUT2D eigenvalue weighted by atomic mass is 35.5. The molecule has 3 aromatic rings. The van der Waals surface area contributed by atoms with Crippen LogP contribution in [0, 0.1) is 20.8 Å². The fourth-order valence-corrected chi connectivity index (χ4v) is 2.86. The number of hydrogen-bond acceptors (Lipinski definition) is 3. The van der Waals surface area contributed by atoms with Gasteiger partial charge >= 0.3 is 0 Å². The van der Waals surface area contributed by atoms with Crippen molar-refractivity contribution >= 4 is 34.2 Å². The molecule has 1 N–H and O–H groups in total. The van der Waals surface area contributed by atoms with Crippen LogP contribution in [0.3, 0.4) is 0 Å². The van der Waals surface area contributed by atoms with E-state index in [2.05, 4.69) is 15.4 Å². The van der Waals surface area contributed by atoms with Gasteiger partial charge in [-0.3, -0.25) is 9.48 Å². The number of anilines is 1. The van der Waals surface area contributed by atoms with Crippen LogP contribution in [-0.4, -0.2) is 20.7 Å². The highest BCUT2D eigenvalue weighted by molar-refractivity contribution is 6.31. The number of halogens is 1. The lowest BCUT2D eigenvalue weighted by atomic mass is 10.1. The molecule has 0 aliphatic carbocycles. The third-order valence-electron chi connectivity index (χ3n) is 3.86. The van der Waals surface area contributed by atoms with Crippen molar-refractivity contribution in [2.24, 2.45) is 7.05 Å². The van der Waals surface area contributed by atoms with Crippen LogP contribution in [0.4, 0.5) is 5.69 Å². The molecule has 0 radical (unpaired) electrons. The Morgan fingerprint density at radius 1 is 1.26 bits per heavy atom. The molecule has 0 fully saturated rings. The largest absolute Gasteiger partial charge is 0.322 e. The molecule has 0 aliphatic heterocycles. The molecule has 3 rings (SSSR count). The molecule has 0 spiro atoms. The van der Waals surface area contributed by atoms with Crippen molar-refractivity contribution in [2.75, 3.05) is 5.32 Å². The summed E-state index contributed by atoms with van der Waals surface area (Å²) in [6.07, 6.45) is 0. The molecular formula is C17H17ClN4O. The Hall–Kier alpha value is -2.40. The van der Waals surface area contributed by atoms with E-state index in [-0.39, 0.29) is 5.91 Å². The predicted molar refractivity (Wildman–Crippen MR) is 92.1 cm³/mol. The summed E-state index contributed by atoms with van der Waals surface area (Å²) in [7, 11) is 1.82. The Kier molecular flexibility index (Phi) is 3.82. The number of pyridine rings is 1. The van der Waals surface area contributed by atoms with Gasteiger partial charge in [0.1, 0.15) is 0 Å². The zero-order chi connectivity index (χ0) is 16.7. The maximum Gasteiger partial charge on any atom is 0.256 e. The van der Waals surface area contributed by atoms with E-state index in [0.29, 0.717) is 21.9 Å². The quantitative estimate of drug-likeness (QED) is 0.778. The maximum absolute atomic E-state index is 12.8. The number of aromatic nitrogens is 3. The molecule has 1 aromatic carbocycles. The van der Waals surface area contributed by atoms with Crippen molar-refractivity contribution < 1.29 is 4.79 Å². The van der Waals surface area contributed by atoms with E-state index in [1.165, 1.54) is 0 Å². The van der Waals surface area contributed by atoms with Crippen LogP contribution in [0.1, 0.15) is 27.3 Å². The Morgan fingerprint density at radius 3 is 2.74 bits per heavy atom. The number of aryl methyl sites for hydroxylation is 3. The minimum atomic E-state index is -0.193. The zero-order valence-corrected chi connectivity index (χ0v) is 14.2. The van der Waals surface area contributed by atoms with E-state index in [4.69, 9.17) is 11.6 Å². The second kappa shape index (κ2) is 5.66. The van der Waals surface area contributed by atoms with Gasteiger partial charge in [0, 0.05) is 23.5 Å². The molecule has 0 bridgehead atoms. The average molecular weight is 329 g/mol. The third-order valence-corrected chi connectivity index (χ3v) is 4.27. The lowest BCUT2D eigenvalue weighted by molar-refractivity contribution is 0.102. The van der Waals surface area contributed by atoms with Crippen LogP contribution >= 0.6 is 11.6 Å². The van der Waals surface area contributed by atoms with Crippen molar-refractivity contribution in [3.05, 3.63) is 51.8 Å². The first-order valence-electron chi connectivity index (χ1n) is 7.26. The minimum absolute atomic E-state index is 0.193. The monoisotopic (exact) mass is 328 g/mol. The smallest absolute Gasteiger partial charge is 0.256 e. The highest BCUT2D eigenvalue weighted by Crippen LogP contribution is 2.26. The van der Waals surface area contributed by atoms with Crippen molar-refractivity contribution in [3.8, 4) is 0 Å². The van der Waals surface area contributed by atoms with Crippen LogP contribution in [-0.2, 0) is 7.05 Å². The first-order chi connectivity index (χ1) is 10.9. The lowest BCUT2D eigenvalue weighted by Gasteiger charge is -2.11. The number of nitrogens with one attached hydrogen (secondary N) is 1. The van der Waals surface area contributed by atoms with Gasteiger partial charge in [-0.15, -0.1) is 0 Å².